The molecule has 0 spiro atoms. The fourth-order valence-electron chi connectivity index (χ4n) is 1.28. The molecule has 1 aromatic carbocycles. The lowest BCUT2D eigenvalue weighted by molar-refractivity contribution is -0.121. The first-order chi connectivity index (χ1) is 9.15. The van der Waals surface area contributed by atoms with Gasteiger partial charge in [0.2, 0.25) is 0 Å². The Morgan fingerprint density at radius 3 is 3.00 bits per heavy atom. The van der Waals surface area contributed by atoms with Gasteiger partial charge in [0.05, 0.1) is 11.2 Å². The van der Waals surface area contributed by atoms with Gasteiger partial charge < -0.3 is 0 Å². The van der Waals surface area contributed by atoms with E-state index in [1.54, 1.807) is 18.2 Å². The molecule has 0 aliphatic rings. The van der Waals surface area contributed by atoms with Crippen LogP contribution in [0.2, 0.25) is 10.0 Å². The lowest BCUT2D eigenvalue weighted by atomic mass is 10.2. The number of hydrazone groups is 1. The van der Waals surface area contributed by atoms with E-state index in [9.17, 15) is 4.79 Å². The Bertz CT molecular complexity index is 597. The van der Waals surface area contributed by atoms with Gasteiger partial charge in [-0.2, -0.15) is 10.2 Å². The van der Waals surface area contributed by atoms with Crippen molar-refractivity contribution in [2.75, 3.05) is 0 Å². The van der Waals surface area contributed by atoms with Crippen LogP contribution in [0.15, 0.2) is 36.0 Å². The van der Waals surface area contributed by atoms with Crippen molar-refractivity contribution in [1.82, 2.24) is 20.2 Å². The van der Waals surface area contributed by atoms with Crippen LogP contribution in [-0.2, 0) is 11.3 Å². The zero-order chi connectivity index (χ0) is 13.7. The quantitative estimate of drug-likeness (QED) is 0.690. The van der Waals surface area contributed by atoms with Crippen LogP contribution in [0.5, 0.6) is 0 Å². The average molecular weight is 298 g/mol. The average Bonchev–Trinajstić information content (AvgIpc) is 2.84. The van der Waals surface area contributed by atoms with Gasteiger partial charge in [-0.1, -0.05) is 29.3 Å². The number of aromatic nitrogens is 3. The molecule has 2 rings (SSSR count). The molecule has 0 aliphatic heterocycles. The predicted octanol–water partition coefficient (Wildman–Crippen LogP) is 1.74. The Morgan fingerprint density at radius 2 is 2.32 bits per heavy atom. The van der Waals surface area contributed by atoms with E-state index in [1.807, 2.05) is 0 Å². The van der Waals surface area contributed by atoms with Gasteiger partial charge in [-0.25, -0.2) is 15.1 Å². The summed E-state index contributed by atoms with van der Waals surface area (Å²) >= 11 is 11.7. The Kier molecular flexibility index (Phi) is 4.48. The van der Waals surface area contributed by atoms with Crippen LogP contribution in [0.1, 0.15) is 5.56 Å². The summed E-state index contributed by atoms with van der Waals surface area (Å²) < 4.78 is 1.39. The maximum absolute atomic E-state index is 11.5. The summed E-state index contributed by atoms with van der Waals surface area (Å²) in [6.45, 7) is 0.0473. The molecule has 8 heteroatoms. The van der Waals surface area contributed by atoms with Crippen molar-refractivity contribution in [1.29, 1.82) is 0 Å². The summed E-state index contributed by atoms with van der Waals surface area (Å²) in [5, 5.41) is 8.60. The fourth-order valence-corrected chi connectivity index (χ4v) is 1.73. The molecule has 0 unspecified atom stereocenters. The van der Waals surface area contributed by atoms with Crippen molar-refractivity contribution >= 4 is 35.3 Å². The first-order valence-corrected chi connectivity index (χ1v) is 6.00. The Morgan fingerprint density at radius 1 is 1.47 bits per heavy atom. The topological polar surface area (TPSA) is 72.2 Å². The SMILES string of the molecule is O=C(Cn1cncn1)NN=Cc1ccc(Cl)cc1Cl. The molecule has 0 saturated carbocycles. The molecule has 0 aliphatic carbocycles. The van der Waals surface area contributed by atoms with Gasteiger partial charge in [0.25, 0.3) is 5.91 Å². The van der Waals surface area contributed by atoms with Crippen LogP contribution in [0, 0.1) is 0 Å². The molecule has 2 aromatic rings. The van der Waals surface area contributed by atoms with Crippen LogP contribution in [-0.4, -0.2) is 26.9 Å². The number of nitrogens with zero attached hydrogens (tertiary/aromatic N) is 4. The third kappa shape index (κ3) is 4.04. The van der Waals surface area contributed by atoms with Crippen molar-refractivity contribution < 1.29 is 4.79 Å². The van der Waals surface area contributed by atoms with Gasteiger partial charge in [0, 0.05) is 10.6 Å². The van der Waals surface area contributed by atoms with Gasteiger partial charge in [-0.05, 0) is 12.1 Å². The van der Waals surface area contributed by atoms with Crippen molar-refractivity contribution in [3.05, 3.63) is 46.5 Å². The Labute approximate surface area is 119 Å². The van der Waals surface area contributed by atoms with Crippen LogP contribution >= 0.6 is 23.2 Å². The van der Waals surface area contributed by atoms with E-state index in [4.69, 9.17) is 23.2 Å². The number of hydrogen-bond donors (Lipinski definition) is 1. The highest BCUT2D eigenvalue weighted by Crippen LogP contribution is 2.19. The molecule has 19 heavy (non-hydrogen) atoms. The van der Waals surface area contributed by atoms with Crippen molar-refractivity contribution in [3.63, 3.8) is 0 Å². The lowest BCUT2D eigenvalue weighted by Gasteiger charge is -2.00. The number of rotatable bonds is 4. The van der Waals surface area contributed by atoms with Gasteiger partial charge >= 0.3 is 0 Å². The molecule has 6 nitrogen and oxygen atoms in total. The van der Waals surface area contributed by atoms with Gasteiger partial charge in [0.15, 0.2) is 0 Å². The Balaban J connectivity index is 1.91. The minimum Gasteiger partial charge on any atom is -0.271 e. The van der Waals surface area contributed by atoms with E-state index < -0.39 is 0 Å². The summed E-state index contributed by atoms with van der Waals surface area (Å²) in [6, 6.07) is 4.99. The van der Waals surface area contributed by atoms with Crippen LogP contribution in [0.4, 0.5) is 0 Å². The molecular formula is C11H9Cl2N5O. The minimum atomic E-state index is -0.313. The third-order valence-electron chi connectivity index (χ3n) is 2.13. The number of carbonyl (C=O) groups excluding carboxylic acids is 1. The van der Waals surface area contributed by atoms with E-state index in [-0.39, 0.29) is 12.5 Å². The fraction of sp³-hybridized carbons (Fsp3) is 0.0909. The molecule has 1 amide bonds. The molecule has 0 atom stereocenters. The highest BCUT2D eigenvalue weighted by atomic mass is 35.5. The zero-order valence-corrected chi connectivity index (χ0v) is 11.1. The summed E-state index contributed by atoms with van der Waals surface area (Å²) in [5.41, 5.74) is 3.02. The van der Waals surface area contributed by atoms with E-state index in [2.05, 4.69) is 20.6 Å². The molecule has 1 aromatic heterocycles. The maximum Gasteiger partial charge on any atom is 0.261 e. The first kappa shape index (κ1) is 13.5. The summed E-state index contributed by atoms with van der Waals surface area (Å²) in [4.78, 5) is 15.2. The van der Waals surface area contributed by atoms with E-state index in [0.717, 1.165) is 0 Å². The minimum absolute atomic E-state index is 0.0473. The molecule has 0 radical (unpaired) electrons. The molecule has 0 bridgehead atoms. The largest absolute Gasteiger partial charge is 0.271 e. The van der Waals surface area contributed by atoms with Crippen LogP contribution in [0.25, 0.3) is 0 Å². The first-order valence-electron chi connectivity index (χ1n) is 5.24. The van der Waals surface area contributed by atoms with Gasteiger partial charge in [0.1, 0.15) is 19.2 Å². The Hall–Kier alpha value is -1.92. The number of benzene rings is 1. The van der Waals surface area contributed by atoms with E-state index in [0.29, 0.717) is 15.6 Å². The molecule has 98 valence electrons. The number of amides is 1. The number of nitrogens with one attached hydrogen (secondary N) is 1. The highest BCUT2D eigenvalue weighted by molar-refractivity contribution is 6.36. The third-order valence-corrected chi connectivity index (χ3v) is 2.69. The normalized spacial score (nSPS) is 10.8. The number of carbonyl (C=O) groups is 1. The molecule has 0 saturated heterocycles. The van der Waals surface area contributed by atoms with Crippen LogP contribution < -0.4 is 5.43 Å². The molecule has 1 N–H and O–H groups in total. The second-order valence-corrected chi connectivity index (χ2v) is 4.40. The molecule has 1 heterocycles. The standard InChI is InChI=1S/C11H9Cl2N5O/c12-9-2-1-8(10(13)3-9)4-15-17-11(19)5-18-7-14-6-16-18/h1-4,6-7H,5H2,(H,17,19). The number of hydrogen-bond acceptors (Lipinski definition) is 4. The predicted molar refractivity (Wildman–Crippen MR) is 72.2 cm³/mol. The number of halogens is 2. The van der Waals surface area contributed by atoms with Crippen molar-refractivity contribution in [3.8, 4) is 0 Å². The highest BCUT2D eigenvalue weighted by Gasteiger charge is 2.02. The van der Waals surface area contributed by atoms with E-state index >= 15 is 0 Å². The maximum atomic E-state index is 11.5. The molecule has 0 fully saturated rings. The second kappa shape index (κ2) is 6.31. The monoisotopic (exact) mass is 297 g/mol. The van der Waals surface area contributed by atoms with Gasteiger partial charge in [-0.3, -0.25) is 4.79 Å². The van der Waals surface area contributed by atoms with E-state index in [1.165, 1.54) is 23.6 Å². The second-order valence-electron chi connectivity index (χ2n) is 3.55. The summed E-state index contributed by atoms with van der Waals surface area (Å²) in [7, 11) is 0. The molecular weight excluding hydrogens is 289 g/mol. The van der Waals surface area contributed by atoms with Crippen LogP contribution in [0.3, 0.4) is 0 Å². The lowest BCUT2D eigenvalue weighted by Crippen LogP contribution is -2.23. The zero-order valence-electron chi connectivity index (χ0n) is 9.62. The van der Waals surface area contributed by atoms with Crippen molar-refractivity contribution in [2.45, 2.75) is 6.54 Å². The smallest absolute Gasteiger partial charge is 0.261 e. The van der Waals surface area contributed by atoms with Crippen molar-refractivity contribution in [2.24, 2.45) is 5.10 Å². The summed E-state index contributed by atoms with van der Waals surface area (Å²) in [6.07, 6.45) is 4.24. The van der Waals surface area contributed by atoms with Gasteiger partial charge in [-0.15, -0.1) is 0 Å². The summed E-state index contributed by atoms with van der Waals surface area (Å²) in [5.74, 6) is -0.313.